The molecule has 3 aromatic heterocycles. The zero-order valence-electron chi connectivity index (χ0n) is 19.0. The van der Waals surface area contributed by atoms with Gasteiger partial charge in [-0.25, -0.2) is 14.8 Å². The van der Waals surface area contributed by atoms with Crippen LogP contribution in [0.1, 0.15) is 31.2 Å². The average Bonchev–Trinajstić information content (AvgIpc) is 3.43. The van der Waals surface area contributed by atoms with Crippen molar-refractivity contribution in [2.45, 2.75) is 30.0 Å². The number of esters is 1. The summed E-state index contributed by atoms with van der Waals surface area (Å²) in [5.74, 6) is 0.0744. The Labute approximate surface area is 209 Å². The normalized spacial score (nSPS) is 15.6. The highest BCUT2D eigenvalue weighted by atomic mass is 32.2. The molecule has 0 saturated carbocycles. The van der Waals surface area contributed by atoms with Crippen molar-refractivity contribution < 1.29 is 13.9 Å². The predicted octanol–water partition coefficient (Wildman–Crippen LogP) is 3.94. The molecule has 4 heterocycles. The molecule has 1 atom stereocenters. The molecule has 0 saturated heterocycles. The van der Waals surface area contributed by atoms with Crippen molar-refractivity contribution in [2.24, 2.45) is 4.99 Å². The number of fused-ring (bicyclic) bond motifs is 1. The second kappa shape index (κ2) is 9.89. The van der Waals surface area contributed by atoms with Crippen molar-refractivity contribution in [1.29, 1.82) is 0 Å². The van der Waals surface area contributed by atoms with Gasteiger partial charge in [-0.05, 0) is 55.4 Å². The van der Waals surface area contributed by atoms with Gasteiger partial charge in [-0.15, -0.1) is 0 Å². The van der Waals surface area contributed by atoms with Crippen LogP contribution in [0.15, 0.2) is 102 Å². The van der Waals surface area contributed by atoms with Crippen LogP contribution in [0.25, 0.3) is 6.08 Å². The standard InChI is InChI=1S/C26H21N3O4S2/c1-3-32-25(31)22-16(2)28-26-29(23(22)17-9-5-4-6-10-17)24(30)19(34-26)15-18-12-13-21(33-18)35-20-11-7-8-14-27-20/h4-15,23H,3H2,1-2H3/b19-15-/t23-/m1/s1. The first-order valence-corrected chi connectivity index (χ1v) is 12.6. The van der Waals surface area contributed by atoms with Crippen molar-refractivity contribution in [3.05, 3.63) is 109 Å². The molecule has 0 bridgehead atoms. The Bertz CT molecular complexity index is 1580. The van der Waals surface area contributed by atoms with Crippen LogP contribution in [0.2, 0.25) is 0 Å². The molecular weight excluding hydrogens is 482 g/mol. The van der Waals surface area contributed by atoms with E-state index in [4.69, 9.17) is 9.15 Å². The number of hydrogen-bond donors (Lipinski definition) is 0. The Kier molecular flexibility index (Phi) is 6.52. The molecule has 0 amide bonds. The Balaban J connectivity index is 1.58. The molecule has 9 heteroatoms. The number of hydrogen-bond acceptors (Lipinski definition) is 8. The van der Waals surface area contributed by atoms with Gasteiger partial charge in [0.2, 0.25) is 0 Å². The maximum atomic E-state index is 13.6. The minimum Gasteiger partial charge on any atom is -0.463 e. The van der Waals surface area contributed by atoms with Gasteiger partial charge >= 0.3 is 5.97 Å². The first kappa shape index (κ1) is 23.1. The highest BCUT2D eigenvalue weighted by Crippen LogP contribution is 2.31. The van der Waals surface area contributed by atoms with Crippen LogP contribution in [0, 0.1) is 0 Å². The number of pyridine rings is 1. The molecule has 1 aliphatic rings. The van der Waals surface area contributed by atoms with E-state index in [2.05, 4.69) is 9.98 Å². The lowest BCUT2D eigenvalue weighted by molar-refractivity contribution is -0.139. The zero-order valence-corrected chi connectivity index (χ0v) is 20.6. The Hall–Kier alpha value is -3.69. The summed E-state index contributed by atoms with van der Waals surface area (Å²) in [6.07, 6.45) is 3.43. The second-order valence-corrected chi connectivity index (χ2v) is 9.67. The zero-order chi connectivity index (χ0) is 24.4. The third-order valence-electron chi connectivity index (χ3n) is 5.35. The number of aromatic nitrogens is 2. The number of carbonyl (C=O) groups is 1. The monoisotopic (exact) mass is 503 g/mol. The summed E-state index contributed by atoms with van der Waals surface area (Å²) >= 11 is 2.66. The minimum absolute atomic E-state index is 0.235. The molecule has 0 unspecified atom stereocenters. The van der Waals surface area contributed by atoms with Gasteiger partial charge in [0.25, 0.3) is 5.56 Å². The van der Waals surface area contributed by atoms with Crippen LogP contribution >= 0.6 is 23.1 Å². The van der Waals surface area contributed by atoms with Crippen LogP contribution in [0.3, 0.4) is 0 Å². The van der Waals surface area contributed by atoms with Gasteiger partial charge in [0.15, 0.2) is 9.89 Å². The van der Waals surface area contributed by atoms with E-state index in [1.807, 2.05) is 60.7 Å². The van der Waals surface area contributed by atoms with Gasteiger partial charge < -0.3 is 9.15 Å². The van der Waals surface area contributed by atoms with E-state index in [0.29, 0.717) is 31.5 Å². The molecule has 0 N–H and O–H groups in total. The van der Waals surface area contributed by atoms with Crippen molar-refractivity contribution in [1.82, 2.24) is 9.55 Å². The molecule has 0 fully saturated rings. The van der Waals surface area contributed by atoms with Crippen LogP contribution in [0.5, 0.6) is 0 Å². The third-order valence-corrected chi connectivity index (χ3v) is 7.20. The maximum Gasteiger partial charge on any atom is 0.338 e. The lowest BCUT2D eigenvalue weighted by Crippen LogP contribution is -2.39. The largest absolute Gasteiger partial charge is 0.463 e. The Morgan fingerprint density at radius 2 is 1.97 bits per heavy atom. The number of carbonyl (C=O) groups excluding carboxylic acids is 1. The topological polar surface area (TPSA) is 86.7 Å². The molecule has 0 aliphatic carbocycles. The molecule has 4 aromatic rings. The lowest BCUT2D eigenvalue weighted by Gasteiger charge is -2.24. The second-order valence-electron chi connectivity index (χ2n) is 7.64. The molecule has 0 radical (unpaired) electrons. The number of allylic oxidation sites excluding steroid dienone is 1. The van der Waals surface area contributed by atoms with Crippen LogP contribution < -0.4 is 14.9 Å². The van der Waals surface area contributed by atoms with E-state index in [1.165, 1.54) is 23.1 Å². The van der Waals surface area contributed by atoms with Crippen molar-refractivity contribution in [2.75, 3.05) is 6.61 Å². The highest BCUT2D eigenvalue weighted by molar-refractivity contribution is 7.99. The summed E-state index contributed by atoms with van der Waals surface area (Å²) in [5, 5.41) is 1.49. The number of furan rings is 1. The number of rotatable bonds is 6. The van der Waals surface area contributed by atoms with Crippen LogP contribution in [-0.2, 0) is 9.53 Å². The van der Waals surface area contributed by atoms with Crippen LogP contribution in [0.4, 0.5) is 0 Å². The van der Waals surface area contributed by atoms with Crippen molar-refractivity contribution in [3.63, 3.8) is 0 Å². The van der Waals surface area contributed by atoms with E-state index in [0.717, 1.165) is 10.6 Å². The number of benzene rings is 1. The summed E-state index contributed by atoms with van der Waals surface area (Å²) < 4.78 is 13.3. The van der Waals surface area contributed by atoms with E-state index < -0.39 is 12.0 Å². The van der Waals surface area contributed by atoms with E-state index in [1.54, 1.807) is 30.7 Å². The first-order valence-electron chi connectivity index (χ1n) is 11.0. The molecular formula is C26H21N3O4S2. The fourth-order valence-corrected chi connectivity index (χ4v) is 5.62. The van der Waals surface area contributed by atoms with Gasteiger partial charge in [-0.3, -0.25) is 9.36 Å². The average molecular weight is 504 g/mol. The summed E-state index contributed by atoms with van der Waals surface area (Å²) in [6, 6.07) is 18.2. The maximum absolute atomic E-state index is 13.6. The fourth-order valence-electron chi connectivity index (χ4n) is 3.85. The van der Waals surface area contributed by atoms with Gasteiger partial charge in [-0.1, -0.05) is 47.7 Å². The number of ether oxygens (including phenoxy) is 1. The van der Waals surface area contributed by atoms with Gasteiger partial charge in [0, 0.05) is 12.3 Å². The molecule has 5 rings (SSSR count). The molecule has 176 valence electrons. The Morgan fingerprint density at radius 1 is 1.17 bits per heavy atom. The SMILES string of the molecule is CCOC(=O)C1=C(C)N=c2s/c(=C\c3ccc(Sc4ccccn4)o3)c(=O)n2[C@@H]1c1ccccc1. The molecule has 1 aliphatic heterocycles. The summed E-state index contributed by atoms with van der Waals surface area (Å²) in [4.78, 5) is 35.9. The minimum atomic E-state index is -0.625. The van der Waals surface area contributed by atoms with Gasteiger partial charge in [-0.2, -0.15) is 0 Å². The molecule has 0 spiro atoms. The van der Waals surface area contributed by atoms with Gasteiger partial charge in [0.1, 0.15) is 10.8 Å². The summed E-state index contributed by atoms with van der Waals surface area (Å²) in [5.41, 5.74) is 1.47. The van der Waals surface area contributed by atoms with Crippen molar-refractivity contribution in [3.8, 4) is 0 Å². The van der Waals surface area contributed by atoms with E-state index in [9.17, 15) is 9.59 Å². The first-order chi connectivity index (χ1) is 17.0. The smallest absolute Gasteiger partial charge is 0.338 e. The van der Waals surface area contributed by atoms with Gasteiger partial charge in [0.05, 0.1) is 28.5 Å². The van der Waals surface area contributed by atoms with E-state index >= 15 is 0 Å². The summed E-state index contributed by atoms with van der Waals surface area (Å²) in [6.45, 7) is 3.76. The number of nitrogens with zero attached hydrogens (tertiary/aromatic N) is 3. The highest BCUT2D eigenvalue weighted by Gasteiger charge is 2.33. The summed E-state index contributed by atoms with van der Waals surface area (Å²) in [7, 11) is 0. The van der Waals surface area contributed by atoms with E-state index in [-0.39, 0.29) is 12.2 Å². The molecule has 35 heavy (non-hydrogen) atoms. The molecule has 7 nitrogen and oxygen atoms in total. The lowest BCUT2D eigenvalue weighted by atomic mass is 9.96. The van der Waals surface area contributed by atoms with Crippen molar-refractivity contribution >= 4 is 35.1 Å². The Morgan fingerprint density at radius 3 is 2.71 bits per heavy atom. The molecule has 1 aromatic carbocycles. The number of thiazole rings is 1. The predicted molar refractivity (Wildman–Crippen MR) is 134 cm³/mol. The quantitative estimate of drug-likeness (QED) is 0.371. The van der Waals surface area contributed by atoms with Crippen LogP contribution in [-0.4, -0.2) is 22.1 Å². The fraction of sp³-hybridized carbons (Fsp3) is 0.154. The third kappa shape index (κ3) is 4.65.